The molecule has 130 valence electrons. The lowest BCUT2D eigenvalue weighted by molar-refractivity contribution is 0.300. The van der Waals surface area contributed by atoms with Gasteiger partial charge < -0.3 is 4.74 Å². The van der Waals surface area contributed by atoms with Crippen LogP contribution < -0.4 is 0 Å². The lowest BCUT2D eigenvalue weighted by Gasteiger charge is -2.07. The van der Waals surface area contributed by atoms with Crippen molar-refractivity contribution in [3.05, 3.63) is 35.9 Å². The normalized spacial score (nSPS) is 10.7. The summed E-state index contributed by atoms with van der Waals surface area (Å²) in [5.74, 6) is 0. The predicted octanol–water partition coefficient (Wildman–Crippen LogP) is 7.08. The van der Waals surface area contributed by atoms with Crippen LogP contribution in [0.5, 0.6) is 0 Å². The molecule has 0 aliphatic heterocycles. The summed E-state index contributed by atoms with van der Waals surface area (Å²) in [5, 5.41) is 0.633. The average Bonchev–Trinajstić information content (AvgIpc) is 2.59. The molecule has 0 aliphatic rings. The quantitative estimate of drug-likeness (QED) is 0.265. The molecule has 0 amide bonds. The minimum Gasteiger partial charge on any atom is -0.483 e. The van der Waals surface area contributed by atoms with Crippen molar-refractivity contribution in [3.63, 3.8) is 0 Å². The van der Waals surface area contributed by atoms with Gasteiger partial charge in [0.25, 0.3) is 0 Å². The highest BCUT2D eigenvalue weighted by Crippen LogP contribution is 2.12. The van der Waals surface area contributed by atoms with Crippen LogP contribution in [0.2, 0.25) is 0 Å². The topological polar surface area (TPSA) is 9.23 Å². The van der Waals surface area contributed by atoms with Gasteiger partial charge in [0.2, 0.25) is 0 Å². The van der Waals surface area contributed by atoms with E-state index in [9.17, 15) is 0 Å². The number of hydrogen-bond donors (Lipinski definition) is 0. The first-order chi connectivity index (χ1) is 11.3. The molecule has 0 heterocycles. The highest BCUT2D eigenvalue weighted by atomic mass is 32.1. The Morgan fingerprint density at radius 2 is 1.22 bits per heavy atom. The lowest BCUT2D eigenvalue weighted by atomic mass is 10.1. The summed E-state index contributed by atoms with van der Waals surface area (Å²) in [4.78, 5) is 0. The summed E-state index contributed by atoms with van der Waals surface area (Å²) in [5.41, 5.74) is 1.02. The van der Waals surface area contributed by atoms with Crippen molar-refractivity contribution < 1.29 is 4.74 Å². The molecule has 0 saturated heterocycles. The molecule has 1 rings (SSSR count). The van der Waals surface area contributed by atoms with E-state index in [0.29, 0.717) is 5.05 Å². The van der Waals surface area contributed by atoms with Crippen LogP contribution in [0, 0.1) is 0 Å². The Balaban J connectivity index is 1.82. The predicted molar refractivity (Wildman–Crippen MR) is 105 cm³/mol. The average molecular weight is 335 g/mol. The van der Waals surface area contributed by atoms with E-state index in [0.717, 1.165) is 18.6 Å². The van der Waals surface area contributed by atoms with Gasteiger partial charge in [0.15, 0.2) is 5.05 Å². The Bertz CT molecular complexity index is 388. The highest BCUT2D eigenvalue weighted by molar-refractivity contribution is 7.80. The van der Waals surface area contributed by atoms with Gasteiger partial charge in [0.1, 0.15) is 0 Å². The van der Waals surface area contributed by atoms with Crippen molar-refractivity contribution in [2.45, 2.75) is 84.0 Å². The van der Waals surface area contributed by atoms with Crippen LogP contribution in [-0.2, 0) is 4.74 Å². The van der Waals surface area contributed by atoms with Crippen LogP contribution in [0.1, 0.15) is 89.5 Å². The van der Waals surface area contributed by atoms with Gasteiger partial charge in [-0.25, -0.2) is 0 Å². The second-order valence-electron chi connectivity index (χ2n) is 6.39. The van der Waals surface area contributed by atoms with Crippen LogP contribution in [-0.4, -0.2) is 11.7 Å². The number of rotatable bonds is 14. The van der Waals surface area contributed by atoms with E-state index < -0.39 is 0 Å². The maximum Gasteiger partial charge on any atom is 0.191 e. The molecule has 0 unspecified atom stereocenters. The molecule has 0 spiro atoms. The molecule has 0 radical (unpaired) electrons. The van der Waals surface area contributed by atoms with Crippen molar-refractivity contribution in [1.82, 2.24) is 0 Å². The van der Waals surface area contributed by atoms with Gasteiger partial charge in [-0.2, -0.15) is 0 Å². The van der Waals surface area contributed by atoms with E-state index in [4.69, 9.17) is 17.0 Å². The maximum atomic E-state index is 5.65. The first kappa shape index (κ1) is 20.2. The third-order valence-electron chi connectivity index (χ3n) is 4.24. The molecule has 0 atom stereocenters. The minimum absolute atomic E-state index is 0.633. The van der Waals surface area contributed by atoms with E-state index in [1.54, 1.807) is 0 Å². The molecule has 0 saturated carbocycles. The highest BCUT2D eigenvalue weighted by Gasteiger charge is 2.00. The van der Waals surface area contributed by atoms with Gasteiger partial charge in [0.05, 0.1) is 6.61 Å². The zero-order chi connectivity index (χ0) is 16.6. The number of thiocarbonyl (C=S) groups is 1. The van der Waals surface area contributed by atoms with Gasteiger partial charge in [0, 0.05) is 5.56 Å². The Hall–Kier alpha value is -0.890. The first-order valence-electron chi connectivity index (χ1n) is 9.56. The summed E-state index contributed by atoms with van der Waals surface area (Å²) < 4.78 is 5.65. The van der Waals surface area contributed by atoms with Crippen LogP contribution in [0.25, 0.3) is 0 Å². The Morgan fingerprint density at radius 1 is 0.739 bits per heavy atom. The number of ether oxygens (including phenoxy) is 1. The molecular weight excluding hydrogens is 300 g/mol. The van der Waals surface area contributed by atoms with Crippen molar-refractivity contribution in [1.29, 1.82) is 0 Å². The van der Waals surface area contributed by atoms with Crippen molar-refractivity contribution in [3.8, 4) is 0 Å². The molecule has 1 nitrogen and oxygen atoms in total. The molecule has 23 heavy (non-hydrogen) atoms. The lowest BCUT2D eigenvalue weighted by Crippen LogP contribution is -2.04. The fraction of sp³-hybridized carbons (Fsp3) is 0.667. The molecule has 2 heteroatoms. The van der Waals surface area contributed by atoms with Crippen LogP contribution in [0.3, 0.4) is 0 Å². The maximum absolute atomic E-state index is 5.65. The summed E-state index contributed by atoms with van der Waals surface area (Å²) in [7, 11) is 0. The van der Waals surface area contributed by atoms with E-state index >= 15 is 0 Å². The summed E-state index contributed by atoms with van der Waals surface area (Å²) in [6, 6.07) is 10.00. The van der Waals surface area contributed by atoms with Crippen LogP contribution in [0.4, 0.5) is 0 Å². The Morgan fingerprint density at radius 3 is 1.74 bits per heavy atom. The number of hydrogen-bond acceptors (Lipinski definition) is 2. The molecule has 1 aromatic carbocycles. The fourth-order valence-corrected chi connectivity index (χ4v) is 2.98. The van der Waals surface area contributed by atoms with Gasteiger partial charge in [-0.05, 0) is 18.6 Å². The largest absolute Gasteiger partial charge is 0.483 e. The summed E-state index contributed by atoms with van der Waals surface area (Å²) in [6.45, 7) is 3.03. The molecular formula is C21H34OS. The van der Waals surface area contributed by atoms with Gasteiger partial charge in [-0.1, -0.05) is 108 Å². The number of benzene rings is 1. The van der Waals surface area contributed by atoms with E-state index in [1.165, 1.54) is 70.6 Å². The van der Waals surface area contributed by atoms with E-state index in [2.05, 4.69) is 6.92 Å². The van der Waals surface area contributed by atoms with Gasteiger partial charge in [-0.15, -0.1) is 0 Å². The van der Waals surface area contributed by atoms with Crippen LogP contribution >= 0.6 is 12.2 Å². The minimum atomic E-state index is 0.633. The van der Waals surface area contributed by atoms with Gasteiger partial charge in [-0.3, -0.25) is 0 Å². The SMILES string of the molecule is CCCCCCCCCCCCCCOC(=S)c1ccccc1. The van der Waals surface area contributed by atoms with Gasteiger partial charge >= 0.3 is 0 Å². The van der Waals surface area contributed by atoms with Crippen LogP contribution in [0.15, 0.2) is 30.3 Å². The third-order valence-corrected chi connectivity index (χ3v) is 4.59. The standard InChI is InChI=1S/C21H34OS/c1-2-3-4-5-6-7-8-9-10-11-12-16-19-22-21(23)20-17-14-13-15-18-20/h13-15,17-18H,2-12,16,19H2,1H3. The zero-order valence-corrected chi connectivity index (χ0v) is 15.7. The summed E-state index contributed by atoms with van der Waals surface area (Å²) in [6.07, 6.45) is 16.4. The molecule has 0 aliphatic carbocycles. The molecule has 0 N–H and O–H groups in total. The fourth-order valence-electron chi connectivity index (χ4n) is 2.77. The first-order valence-corrected chi connectivity index (χ1v) is 9.97. The van der Waals surface area contributed by atoms with Crippen molar-refractivity contribution >= 4 is 17.3 Å². The smallest absolute Gasteiger partial charge is 0.191 e. The second-order valence-corrected chi connectivity index (χ2v) is 6.76. The third kappa shape index (κ3) is 11.3. The summed E-state index contributed by atoms with van der Waals surface area (Å²) >= 11 is 5.28. The number of unbranched alkanes of at least 4 members (excludes halogenated alkanes) is 11. The van der Waals surface area contributed by atoms with E-state index in [-0.39, 0.29) is 0 Å². The molecule has 0 fully saturated rings. The Labute approximate surface area is 148 Å². The second kappa shape index (κ2) is 14.7. The Kier molecular flexibility index (Phi) is 12.9. The van der Waals surface area contributed by atoms with Crippen molar-refractivity contribution in [2.24, 2.45) is 0 Å². The monoisotopic (exact) mass is 334 g/mol. The zero-order valence-electron chi connectivity index (χ0n) is 14.9. The molecule has 0 bridgehead atoms. The van der Waals surface area contributed by atoms with Crippen molar-refractivity contribution in [2.75, 3.05) is 6.61 Å². The molecule has 1 aromatic rings. The van der Waals surface area contributed by atoms with E-state index in [1.807, 2.05) is 30.3 Å². The molecule has 0 aromatic heterocycles.